The molecule has 0 aromatic heterocycles. The van der Waals surface area contributed by atoms with Crippen LogP contribution in [0.1, 0.15) is 92.9 Å². The Hall–Kier alpha value is 0.114. The monoisotopic (exact) mass is 576 g/mol. The van der Waals surface area contributed by atoms with Crippen molar-refractivity contribution in [3.63, 3.8) is 0 Å². The first-order valence-corrected chi connectivity index (χ1v) is 19.3. The van der Waals surface area contributed by atoms with Gasteiger partial charge >= 0.3 is 17.6 Å². The van der Waals surface area contributed by atoms with Crippen molar-refractivity contribution < 1.29 is 36.0 Å². The molecular formula is C28H56O8Si2. The summed E-state index contributed by atoms with van der Waals surface area (Å²) in [6.45, 7) is 17.2. The third-order valence-corrected chi connectivity index (χ3v) is 14.5. The van der Waals surface area contributed by atoms with Gasteiger partial charge in [0.2, 0.25) is 0 Å². The molecule has 0 unspecified atom stereocenters. The van der Waals surface area contributed by atoms with Gasteiger partial charge < -0.3 is 36.0 Å². The second kappa shape index (κ2) is 15.4. The van der Waals surface area contributed by atoms with E-state index >= 15 is 0 Å². The zero-order valence-electron chi connectivity index (χ0n) is 25.1. The average Bonchev–Trinajstić information content (AvgIpc) is 2.85. The molecule has 224 valence electrons. The summed E-state index contributed by atoms with van der Waals surface area (Å²) in [6, 6.07) is 1.61. The summed E-state index contributed by atoms with van der Waals surface area (Å²) < 4.78 is 49.8. The molecule has 0 aromatic carbocycles. The Morgan fingerprint density at radius 1 is 0.526 bits per heavy atom. The Labute approximate surface area is 234 Å². The van der Waals surface area contributed by atoms with Crippen LogP contribution in [0.3, 0.4) is 0 Å². The maximum absolute atomic E-state index is 6.78. The van der Waals surface area contributed by atoms with Crippen LogP contribution in [0, 0.1) is 11.8 Å². The van der Waals surface area contributed by atoms with Gasteiger partial charge in [-0.3, -0.25) is 0 Å². The molecule has 0 heterocycles. The minimum absolute atomic E-state index is 0.0440. The first kappa shape index (κ1) is 32.6. The van der Waals surface area contributed by atoms with Gasteiger partial charge in [0, 0.05) is 71.4 Å². The molecule has 4 fully saturated rings. The summed E-state index contributed by atoms with van der Waals surface area (Å²) in [5.74, 6) is 1.42. The molecule has 0 spiro atoms. The van der Waals surface area contributed by atoms with E-state index in [-0.39, 0.29) is 11.2 Å². The quantitative estimate of drug-likeness (QED) is 0.115. The molecule has 4 rings (SSSR count). The molecule has 0 saturated heterocycles. The lowest BCUT2D eigenvalue weighted by atomic mass is 9.52. The van der Waals surface area contributed by atoms with E-state index < -0.39 is 17.6 Å². The lowest BCUT2D eigenvalue weighted by Crippen LogP contribution is -2.61. The van der Waals surface area contributed by atoms with Crippen molar-refractivity contribution in [1.82, 2.24) is 0 Å². The van der Waals surface area contributed by atoms with Crippen LogP contribution in [-0.2, 0) is 36.0 Å². The number of hydrogen-bond acceptors (Lipinski definition) is 8. The van der Waals surface area contributed by atoms with Crippen LogP contribution in [-0.4, -0.2) is 81.7 Å². The van der Waals surface area contributed by atoms with E-state index in [1.807, 2.05) is 41.5 Å². The van der Waals surface area contributed by atoms with Gasteiger partial charge in [-0.25, -0.2) is 0 Å². The molecule has 4 bridgehead atoms. The number of ether oxygens (including phenoxy) is 2. The summed E-state index contributed by atoms with van der Waals surface area (Å²) in [5.41, 5.74) is -0.0881. The summed E-state index contributed by atoms with van der Waals surface area (Å²) in [6.07, 6.45) is 8.85. The highest BCUT2D eigenvalue weighted by molar-refractivity contribution is 6.61. The fraction of sp³-hybridized carbons (Fsp3) is 1.00. The summed E-state index contributed by atoms with van der Waals surface area (Å²) in [4.78, 5) is 0. The molecule has 4 saturated carbocycles. The first-order valence-electron chi connectivity index (χ1n) is 15.5. The largest absolute Gasteiger partial charge is 0.501 e. The second-order valence-corrected chi connectivity index (χ2v) is 16.7. The SMILES string of the molecule is CCO[Si](CCCOC12CC3CC(C1)CC(OCCC[Si](OCC)(OCC)OCC)(C3)C2)(OCC)OCC. The van der Waals surface area contributed by atoms with Crippen molar-refractivity contribution in [2.45, 2.75) is 116 Å². The molecule has 4 aliphatic rings. The summed E-state index contributed by atoms with van der Waals surface area (Å²) >= 11 is 0. The van der Waals surface area contributed by atoms with Gasteiger partial charge in [0.1, 0.15) is 0 Å². The van der Waals surface area contributed by atoms with E-state index in [2.05, 4.69) is 0 Å². The van der Waals surface area contributed by atoms with Gasteiger partial charge in [-0.05, 0) is 98.3 Å². The highest BCUT2D eigenvalue weighted by atomic mass is 28.4. The fourth-order valence-electron chi connectivity index (χ4n) is 7.59. The average molecular weight is 577 g/mol. The number of hydrogen-bond donors (Lipinski definition) is 0. The molecule has 8 nitrogen and oxygen atoms in total. The minimum Gasteiger partial charge on any atom is -0.375 e. The Kier molecular flexibility index (Phi) is 13.2. The normalized spacial score (nSPS) is 28.9. The molecule has 0 aromatic rings. The van der Waals surface area contributed by atoms with E-state index in [1.54, 1.807) is 0 Å². The molecule has 0 atom stereocenters. The fourth-order valence-corrected chi connectivity index (χ4v) is 12.8. The van der Waals surface area contributed by atoms with E-state index in [0.29, 0.717) is 51.5 Å². The predicted octanol–water partition coefficient (Wildman–Crippen LogP) is 5.99. The van der Waals surface area contributed by atoms with Crippen molar-refractivity contribution in [3.05, 3.63) is 0 Å². The van der Waals surface area contributed by atoms with Crippen LogP contribution in [0.15, 0.2) is 0 Å². The van der Waals surface area contributed by atoms with Crippen molar-refractivity contribution in [1.29, 1.82) is 0 Å². The Morgan fingerprint density at radius 3 is 1.13 bits per heavy atom. The van der Waals surface area contributed by atoms with Gasteiger partial charge in [-0.1, -0.05) is 0 Å². The van der Waals surface area contributed by atoms with Crippen LogP contribution in [0.25, 0.3) is 0 Å². The zero-order chi connectivity index (χ0) is 27.5. The predicted molar refractivity (Wildman–Crippen MR) is 152 cm³/mol. The van der Waals surface area contributed by atoms with E-state index in [4.69, 9.17) is 36.0 Å². The Balaban J connectivity index is 1.54. The highest BCUT2D eigenvalue weighted by Crippen LogP contribution is 2.60. The van der Waals surface area contributed by atoms with E-state index in [9.17, 15) is 0 Å². The van der Waals surface area contributed by atoms with Gasteiger partial charge in [0.05, 0.1) is 11.2 Å². The van der Waals surface area contributed by atoms with Gasteiger partial charge in [0.25, 0.3) is 0 Å². The minimum atomic E-state index is -2.62. The third-order valence-electron chi connectivity index (χ3n) is 8.21. The maximum atomic E-state index is 6.78. The van der Waals surface area contributed by atoms with Gasteiger partial charge in [0.15, 0.2) is 0 Å². The Bertz CT molecular complexity index is 581. The van der Waals surface area contributed by atoms with Crippen molar-refractivity contribution >= 4 is 17.6 Å². The zero-order valence-corrected chi connectivity index (χ0v) is 27.1. The van der Waals surface area contributed by atoms with Gasteiger partial charge in [-0.15, -0.1) is 0 Å². The lowest BCUT2D eigenvalue weighted by molar-refractivity contribution is -0.237. The van der Waals surface area contributed by atoms with Crippen LogP contribution in [0.4, 0.5) is 0 Å². The first-order chi connectivity index (χ1) is 18.3. The van der Waals surface area contributed by atoms with Crippen molar-refractivity contribution in [2.24, 2.45) is 11.8 Å². The summed E-state index contributed by atoms with van der Waals surface area (Å²) in [5, 5.41) is 0. The second-order valence-electron chi connectivity index (χ2n) is 11.2. The maximum Gasteiger partial charge on any atom is 0.501 e. The standard InChI is InChI=1S/C28H56O8Si2/c1-7-31-37(32-8-2,33-9-3)17-13-15-29-27-20-25-19-26(21-27)23-28(22-25,24-27)30-16-14-18-38(34-10-4,35-11-5)36-12-6/h25-26H,7-24H2,1-6H3. The van der Waals surface area contributed by atoms with E-state index in [0.717, 1.165) is 44.6 Å². The van der Waals surface area contributed by atoms with Gasteiger partial charge in [-0.2, -0.15) is 0 Å². The molecule has 0 aliphatic heterocycles. The smallest absolute Gasteiger partial charge is 0.375 e. The molecule has 0 amide bonds. The molecule has 10 heteroatoms. The molecule has 38 heavy (non-hydrogen) atoms. The molecule has 4 aliphatic carbocycles. The van der Waals surface area contributed by atoms with Crippen molar-refractivity contribution in [3.8, 4) is 0 Å². The van der Waals surface area contributed by atoms with Crippen LogP contribution >= 0.6 is 0 Å². The van der Waals surface area contributed by atoms with Crippen molar-refractivity contribution in [2.75, 3.05) is 52.9 Å². The third kappa shape index (κ3) is 8.56. The van der Waals surface area contributed by atoms with E-state index in [1.165, 1.54) is 32.1 Å². The number of rotatable bonds is 22. The lowest BCUT2D eigenvalue weighted by Gasteiger charge is -2.61. The van der Waals surface area contributed by atoms with Crippen LogP contribution in [0.5, 0.6) is 0 Å². The topological polar surface area (TPSA) is 73.8 Å². The van der Waals surface area contributed by atoms with Crippen LogP contribution < -0.4 is 0 Å². The highest BCUT2D eigenvalue weighted by Gasteiger charge is 2.59. The molecule has 0 radical (unpaired) electrons. The molecular weight excluding hydrogens is 520 g/mol. The Morgan fingerprint density at radius 2 is 0.842 bits per heavy atom. The molecule has 0 N–H and O–H groups in total. The van der Waals surface area contributed by atoms with Crippen LogP contribution in [0.2, 0.25) is 12.1 Å². The summed E-state index contributed by atoms with van der Waals surface area (Å²) in [7, 11) is -5.25.